The van der Waals surface area contributed by atoms with E-state index in [2.05, 4.69) is 26.7 Å². The Morgan fingerprint density at radius 1 is 1.21 bits per heavy atom. The van der Waals surface area contributed by atoms with Crippen molar-refractivity contribution in [3.8, 4) is 11.4 Å². The lowest BCUT2D eigenvalue weighted by atomic mass is 10.0. The summed E-state index contributed by atoms with van der Waals surface area (Å²) < 4.78 is 2.10. The van der Waals surface area contributed by atoms with Crippen LogP contribution in [0.4, 0.5) is 0 Å². The molecule has 0 bridgehead atoms. The van der Waals surface area contributed by atoms with Gasteiger partial charge in [0.15, 0.2) is 0 Å². The van der Waals surface area contributed by atoms with Crippen LogP contribution in [0.25, 0.3) is 22.4 Å². The molecule has 1 aromatic carbocycles. The number of pyridine rings is 1. The van der Waals surface area contributed by atoms with Crippen LogP contribution in [0.1, 0.15) is 5.56 Å². The van der Waals surface area contributed by atoms with Crippen LogP contribution < -0.4 is 5.73 Å². The Hall–Kier alpha value is -2.20. The van der Waals surface area contributed by atoms with Crippen molar-refractivity contribution in [2.45, 2.75) is 6.42 Å². The van der Waals surface area contributed by atoms with E-state index < -0.39 is 0 Å². The lowest BCUT2D eigenvalue weighted by Crippen LogP contribution is -2.05. The van der Waals surface area contributed by atoms with Crippen LogP contribution in [0, 0.1) is 0 Å². The first-order valence-corrected chi connectivity index (χ1v) is 6.36. The molecule has 0 saturated carbocycles. The average Bonchev–Trinajstić information content (AvgIpc) is 2.78. The summed E-state index contributed by atoms with van der Waals surface area (Å²) >= 11 is 0. The molecule has 0 aliphatic rings. The van der Waals surface area contributed by atoms with Gasteiger partial charge in [0.2, 0.25) is 0 Å². The van der Waals surface area contributed by atoms with E-state index in [9.17, 15) is 0 Å². The number of imidazole rings is 1. The van der Waals surface area contributed by atoms with Gasteiger partial charge >= 0.3 is 0 Å². The summed E-state index contributed by atoms with van der Waals surface area (Å²) in [5.74, 6) is 0.965. The van der Waals surface area contributed by atoms with Crippen molar-refractivity contribution in [1.82, 2.24) is 14.5 Å². The summed E-state index contributed by atoms with van der Waals surface area (Å²) in [4.78, 5) is 8.81. The summed E-state index contributed by atoms with van der Waals surface area (Å²) in [5.41, 5.74) is 10.1. The highest BCUT2D eigenvalue weighted by molar-refractivity contribution is 5.80. The standard InChI is InChI=1S/C15H16N4/c1-19-14-7-9-17-10-13(14)18-15(19)12-5-3-2-4-11(12)6-8-16/h2-5,7,9-10H,6,8,16H2,1H3. The number of nitrogens with zero attached hydrogens (tertiary/aromatic N) is 3. The fraction of sp³-hybridized carbons (Fsp3) is 0.200. The minimum Gasteiger partial charge on any atom is -0.330 e. The monoisotopic (exact) mass is 252 g/mol. The summed E-state index contributed by atoms with van der Waals surface area (Å²) in [7, 11) is 2.03. The third-order valence-corrected chi connectivity index (χ3v) is 3.36. The number of aryl methyl sites for hydroxylation is 1. The molecule has 0 unspecified atom stereocenters. The molecule has 19 heavy (non-hydrogen) atoms. The maximum absolute atomic E-state index is 5.68. The maximum atomic E-state index is 5.68. The topological polar surface area (TPSA) is 56.7 Å². The van der Waals surface area contributed by atoms with E-state index in [0.717, 1.165) is 28.8 Å². The predicted octanol–water partition coefficient (Wildman–Crippen LogP) is 2.14. The molecule has 0 saturated heterocycles. The van der Waals surface area contributed by atoms with Gasteiger partial charge in [-0.1, -0.05) is 24.3 Å². The molecule has 4 heteroatoms. The van der Waals surface area contributed by atoms with E-state index in [1.807, 2.05) is 25.2 Å². The first-order chi connectivity index (χ1) is 9.31. The van der Waals surface area contributed by atoms with Crippen molar-refractivity contribution in [2.75, 3.05) is 6.54 Å². The van der Waals surface area contributed by atoms with Crippen LogP contribution in [0.2, 0.25) is 0 Å². The molecule has 96 valence electrons. The van der Waals surface area contributed by atoms with E-state index in [1.54, 1.807) is 12.4 Å². The molecule has 0 aliphatic heterocycles. The molecule has 2 aromatic heterocycles. The Morgan fingerprint density at radius 2 is 2.05 bits per heavy atom. The van der Waals surface area contributed by atoms with Crippen molar-refractivity contribution < 1.29 is 0 Å². The van der Waals surface area contributed by atoms with Gasteiger partial charge in [0.25, 0.3) is 0 Å². The molecule has 3 aromatic rings. The highest BCUT2D eigenvalue weighted by Gasteiger charge is 2.12. The molecule has 2 heterocycles. The summed E-state index contributed by atoms with van der Waals surface area (Å²) in [6.07, 6.45) is 4.45. The van der Waals surface area contributed by atoms with Crippen LogP contribution >= 0.6 is 0 Å². The lowest BCUT2D eigenvalue weighted by molar-refractivity contribution is 0.937. The SMILES string of the molecule is Cn1c(-c2ccccc2CCN)nc2cnccc21. The zero-order valence-electron chi connectivity index (χ0n) is 10.9. The molecular formula is C15H16N4. The average molecular weight is 252 g/mol. The minimum atomic E-state index is 0.641. The zero-order valence-corrected chi connectivity index (χ0v) is 10.9. The second kappa shape index (κ2) is 4.82. The van der Waals surface area contributed by atoms with Gasteiger partial charge in [0.1, 0.15) is 11.3 Å². The third-order valence-electron chi connectivity index (χ3n) is 3.36. The first kappa shape index (κ1) is 11.9. The second-order valence-corrected chi connectivity index (χ2v) is 4.55. The van der Waals surface area contributed by atoms with E-state index >= 15 is 0 Å². The highest BCUT2D eigenvalue weighted by Crippen LogP contribution is 2.26. The number of hydrogen-bond donors (Lipinski definition) is 1. The molecular weight excluding hydrogens is 236 g/mol. The Kier molecular flexibility index (Phi) is 3.01. The minimum absolute atomic E-state index is 0.641. The van der Waals surface area contributed by atoms with Crippen LogP contribution in [-0.2, 0) is 13.5 Å². The molecule has 0 aliphatic carbocycles. The Labute approximate surface area is 111 Å². The number of rotatable bonds is 3. The fourth-order valence-electron chi connectivity index (χ4n) is 2.40. The predicted molar refractivity (Wildman–Crippen MR) is 76.7 cm³/mol. The Balaban J connectivity index is 2.22. The fourth-order valence-corrected chi connectivity index (χ4v) is 2.40. The van der Waals surface area contributed by atoms with Gasteiger partial charge in [-0.25, -0.2) is 4.98 Å². The van der Waals surface area contributed by atoms with Gasteiger partial charge in [0.05, 0.1) is 11.7 Å². The van der Waals surface area contributed by atoms with Gasteiger partial charge in [-0.05, 0) is 24.6 Å². The van der Waals surface area contributed by atoms with Crippen molar-refractivity contribution in [3.63, 3.8) is 0 Å². The van der Waals surface area contributed by atoms with Gasteiger partial charge in [-0.2, -0.15) is 0 Å². The van der Waals surface area contributed by atoms with Gasteiger partial charge in [-0.15, -0.1) is 0 Å². The largest absolute Gasteiger partial charge is 0.330 e. The molecule has 0 atom stereocenters. The first-order valence-electron chi connectivity index (χ1n) is 6.36. The van der Waals surface area contributed by atoms with Crippen molar-refractivity contribution in [1.29, 1.82) is 0 Å². The molecule has 2 N–H and O–H groups in total. The summed E-state index contributed by atoms with van der Waals surface area (Å²) in [6, 6.07) is 10.3. The van der Waals surface area contributed by atoms with Gasteiger partial charge in [-0.3, -0.25) is 4.98 Å². The van der Waals surface area contributed by atoms with Crippen LogP contribution in [0.5, 0.6) is 0 Å². The molecule has 4 nitrogen and oxygen atoms in total. The van der Waals surface area contributed by atoms with Crippen molar-refractivity contribution in [3.05, 3.63) is 48.3 Å². The lowest BCUT2D eigenvalue weighted by Gasteiger charge is -2.08. The second-order valence-electron chi connectivity index (χ2n) is 4.55. The molecule has 3 rings (SSSR count). The van der Waals surface area contributed by atoms with Gasteiger partial charge < -0.3 is 10.3 Å². The Morgan fingerprint density at radius 3 is 2.84 bits per heavy atom. The van der Waals surface area contributed by atoms with Crippen LogP contribution in [0.3, 0.4) is 0 Å². The van der Waals surface area contributed by atoms with Crippen LogP contribution in [0.15, 0.2) is 42.7 Å². The number of aromatic nitrogens is 3. The normalized spacial score (nSPS) is 11.1. The number of fused-ring (bicyclic) bond motifs is 1. The van der Waals surface area contributed by atoms with E-state index in [0.29, 0.717) is 6.54 Å². The highest BCUT2D eigenvalue weighted by atomic mass is 15.1. The Bertz CT molecular complexity index is 715. The molecule has 0 spiro atoms. The number of benzene rings is 1. The van der Waals surface area contributed by atoms with Gasteiger partial charge in [0, 0.05) is 18.8 Å². The maximum Gasteiger partial charge on any atom is 0.141 e. The van der Waals surface area contributed by atoms with Crippen LogP contribution in [-0.4, -0.2) is 21.1 Å². The van der Waals surface area contributed by atoms with E-state index in [1.165, 1.54) is 5.56 Å². The quantitative estimate of drug-likeness (QED) is 0.777. The van der Waals surface area contributed by atoms with E-state index in [-0.39, 0.29) is 0 Å². The van der Waals surface area contributed by atoms with E-state index in [4.69, 9.17) is 5.73 Å². The zero-order chi connectivity index (χ0) is 13.2. The number of hydrogen-bond acceptors (Lipinski definition) is 3. The molecule has 0 amide bonds. The third kappa shape index (κ3) is 2.00. The number of nitrogens with two attached hydrogens (primary N) is 1. The smallest absolute Gasteiger partial charge is 0.141 e. The molecule has 0 radical (unpaired) electrons. The molecule has 0 fully saturated rings. The van der Waals surface area contributed by atoms with Crippen molar-refractivity contribution >= 4 is 11.0 Å². The summed E-state index contributed by atoms with van der Waals surface area (Å²) in [6.45, 7) is 0.641. The summed E-state index contributed by atoms with van der Waals surface area (Å²) in [5, 5.41) is 0. The van der Waals surface area contributed by atoms with Crippen molar-refractivity contribution in [2.24, 2.45) is 12.8 Å².